The number of nitrogens with zero attached hydrogens (tertiary/aromatic N) is 2. The number of fused-ring (bicyclic) bond motifs is 1. The molecule has 0 aliphatic carbocycles. The molecule has 10 heteroatoms. The lowest BCUT2D eigenvalue weighted by Crippen LogP contribution is -2.34. The lowest BCUT2D eigenvalue weighted by Gasteiger charge is -2.20. The third-order valence-corrected chi connectivity index (χ3v) is 6.29. The molecule has 0 bridgehead atoms. The van der Waals surface area contributed by atoms with Crippen molar-refractivity contribution in [2.75, 3.05) is 56.4 Å². The van der Waals surface area contributed by atoms with Gasteiger partial charge in [-0.25, -0.2) is 9.59 Å². The number of esters is 2. The number of hydrogen-bond acceptors (Lipinski definition) is 8. The highest BCUT2D eigenvalue weighted by atomic mass is 16.6. The Balaban J connectivity index is 1.64. The normalized spacial score (nSPS) is 13.2. The minimum absolute atomic E-state index is 0.0359. The van der Waals surface area contributed by atoms with Gasteiger partial charge in [0.15, 0.2) is 6.61 Å². The minimum Gasteiger partial charge on any atom is -0.463 e. The molecule has 212 valence electrons. The number of nitrogens with one attached hydrogen (secondary N) is 2. The van der Waals surface area contributed by atoms with E-state index >= 15 is 0 Å². The van der Waals surface area contributed by atoms with E-state index in [9.17, 15) is 19.2 Å². The summed E-state index contributed by atoms with van der Waals surface area (Å²) in [7, 11) is 5.41. The number of benzene rings is 3. The first-order chi connectivity index (χ1) is 19.7. The van der Waals surface area contributed by atoms with Gasteiger partial charge >= 0.3 is 11.9 Å². The highest BCUT2D eigenvalue weighted by Gasteiger charge is 2.29. The quantitative estimate of drug-likeness (QED) is 0.286. The van der Waals surface area contributed by atoms with E-state index < -0.39 is 18.5 Å². The largest absolute Gasteiger partial charge is 0.463 e. The molecule has 41 heavy (non-hydrogen) atoms. The van der Waals surface area contributed by atoms with Crippen LogP contribution in [0.2, 0.25) is 0 Å². The van der Waals surface area contributed by atoms with Gasteiger partial charge in [-0.1, -0.05) is 36.4 Å². The fourth-order valence-corrected chi connectivity index (χ4v) is 4.28. The summed E-state index contributed by atoms with van der Waals surface area (Å²) in [5.74, 6) is -1.72. The van der Waals surface area contributed by atoms with Crippen LogP contribution < -0.4 is 15.5 Å². The third-order valence-electron chi connectivity index (χ3n) is 6.29. The molecule has 0 saturated heterocycles. The van der Waals surface area contributed by atoms with Crippen LogP contribution in [0.15, 0.2) is 72.8 Å². The summed E-state index contributed by atoms with van der Waals surface area (Å²) in [5.41, 5.74) is 4.45. The van der Waals surface area contributed by atoms with Gasteiger partial charge in [0, 0.05) is 24.0 Å². The van der Waals surface area contributed by atoms with Crippen molar-refractivity contribution in [3.05, 3.63) is 89.5 Å². The Morgan fingerprint density at radius 1 is 0.878 bits per heavy atom. The second kappa shape index (κ2) is 12.9. The Bertz CT molecular complexity index is 1480. The number of carbonyl (C=O) groups is 4. The Labute approximate surface area is 238 Å². The fraction of sp³-hybridized carbons (Fsp3) is 0.226. The van der Waals surface area contributed by atoms with Crippen LogP contribution in [0, 0.1) is 0 Å². The lowest BCUT2D eigenvalue weighted by molar-refractivity contribution is -0.146. The predicted molar refractivity (Wildman–Crippen MR) is 157 cm³/mol. The Kier molecular flexibility index (Phi) is 9.15. The van der Waals surface area contributed by atoms with E-state index in [-0.39, 0.29) is 24.0 Å². The zero-order chi connectivity index (χ0) is 29.5. The van der Waals surface area contributed by atoms with E-state index in [4.69, 9.17) is 9.47 Å². The van der Waals surface area contributed by atoms with E-state index in [0.29, 0.717) is 34.8 Å². The van der Waals surface area contributed by atoms with E-state index in [1.165, 1.54) is 6.07 Å². The van der Waals surface area contributed by atoms with Crippen LogP contribution in [0.1, 0.15) is 28.4 Å². The van der Waals surface area contributed by atoms with Crippen molar-refractivity contribution >= 4 is 52.1 Å². The molecule has 3 aromatic carbocycles. The standard InChI is InChI=1S/C31H32N4O6/c1-5-40-27(37)19-41-31(39)21-11-16-24-25(17-21)33-30(38)28(24)29(20-9-7-6-8-10-20)32-22-12-14-23(15-13-22)35(4)26(36)18-34(2)3/h6-17,32H,5,18-19H2,1-4H3,(H,33,38)/b29-28-. The van der Waals surface area contributed by atoms with E-state index in [0.717, 1.165) is 11.3 Å². The second-order valence-electron chi connectivity index (χ2n) is 9.57. The minimum atomic E-state index is -0.705. The zero-order valence-electron chi connectivity index (χ0n) is 23.4. The Morgan fingerprint density at radius 2 is 1.59 bits per heavy atom. The van der Waals surface area contributed by atoms with Crippen LogP contribution in [0.25, 0.3) is 11.3 Å². The average molecular weight is 557 g/mol. The van der Waals surface area contributed by atoms with Gasteiger partial charge in [0.05, 0.1) is 35.7 Å². The molecule has 3 aromatic rings. The second-order valence-corrected chi connectivity index (χ2v) is 9.57. The van der Waals surface area contributed by atoms with Gasteiger partial charge in [-0.3, -0.25) is 9.59 Å². The number of likely N-dealkylation sites (N-methyl/N-ethyl adjacent to an activating group) is 2. The molecule has 4 rings (SSSR count). The van der Waals surface area contributed by atoms with Crippen LogP contribution in [0.3, 0.4) is 0 Å². The maximum atomic E-state index is 13.3. The molecule has 1 aliphatic rings. The number of hydrogen-bond donors (Lipinski definition) is 2. The van der Waals surface area contributed by atoms with Crippen molar-refractivity contribution in [1.82, 2.24) is 4.90 Å². The summed E-state index contributed by atoms with van der Waals surface area (Å²) in [6, 6.07) is 21.5. The van der Waals surface area contributed by atoms with Crippen LogP contribution >= 0.6 is 0 Å². The van der Waals surface area contributed by atoms with E-state index in [1.807, 2.05) is 73.6 Å². The molecule has 1 aliphatic heterocycles. The smallest absolute Gasteiger partial charge is 0.344 e. The topological polar surface area (TPSA) is 117 Å². The first kappa shape index (κ1) is 29.0. The van der Waals surface area contributed by atoms with E-state index in [2.05, 4.69) is 10.6 Å². The molecular formula is C31H32N4O6. The van der Waals surface area contributed by atoms with Crippen molar-refractivity contribution < 1.29 is 28.7 Å². The van der Waals surface area contributed by atoms with Crippen molar-refractivity contribution in [1.29, 1.82) is 0 Å². The predicted octanol–water partition coefficient (Wildman–Crippen LogP) is 3.86. The number of rotatable bonds is 10. The van der Waals surface area contributed by atoms with Gasteiger partial charge in [-0.05, 0) is 63.0 Å². The first-order valence-electron chi connectivity index (χ1n) is 13.0. The number of ether oxygens (including phenoxy) is 2. The van der Waals surface area contributed by atoms with Gasteiger partial charge in [-0.2, -0.15) is 0 Å². The molecule has 0 radical (unpaired) electrons. The van der Waals surface area contributed by atoms with Crippen LogP contribution in [-0.2, 0) is 23.9 Å². The maximum Gasteiger partial charge on any atom is 0.344 e. The van der Waals surface area contributed by atoms with Gasteiger partial charge in [-0.15, -0.1) is 0 Å². The lowest BCUT2D eigenvalue weighted by atomic mass is 9.99. The van der Waals surface area contributed by atoms with Crippen molar-refractivity contribution in [3.63, 3.8) is 0 Å². The number of anilines is 3. The SMILES string of the molecule is CCOC(=O)COC(=O)c1ccc2c(c1)NC(=O)/C2=C(\Nc1ccc(N(C)C(=O)CN(C)C)cc1)c1ccccc1. The molecule has 1 heterocycles. The summed E-state index contributed by atoms with van der Waals surface area (Å²) in [5, 5.41) is 6.21. The Hall–Kier alpha value is -4.96. The monoisotopic (exact) mass is 556 g/mol. The molecule has 2 N–H and O–H groups in total. The third kappa shape index (κ3) is 6.98. The summed E-state index contributed by atoms with van der Waals surface area (Å²) in [6.07, 6.45) is 0. The molecule has 0 spiro atoms. The molecular weight excluding hydrogens is 524 g/mol. The van der Waals surface area contributed by atoms with Crippen LogP contribution in [-0.4, -0.2) is 69.6 Å². The van der Waals surface area contributed by atoms with Crippen LogP contribution in [0.4, 0.5) is 17.1 Å². The van der Waals surface area contributed by atoms with Gasteiger partial charge in [0.1, 0.15) is 0 Å². The molecule has 0 atom stereocenters. The van der Waals surface area contributed by atoms with Crippen molar-refractivity contribution in [2.24, 2.45) is 0 Å². The average Bonchev–Trinajstić information content (AvgIpc) is 3.29. The van der Waals surface area contributed by atoms with Gasteiger partial charge in [0.2, 0.25) is 5.91 Å². The van der Waals surface area contributed by atoms with Crippen molar-refractivity contribution in [2.45, 2.75) is 6.92 Å². The number of amides is 2. The molecule has 0 unspecified atom stereocenters. The molecule has 0 saturated carbocycles. The molecule has 10 nitrogen and oxygen atoms in total. The molecule has 0 aromatic heterocycles. The van der Waals surface area contributed by atoms with Crippen molar-refractivity contribution in [3.8, 4) is 0 Å². The Morgan fingerprint density at radius 3 is 2.24 bits per heavy atom. The summed E-state index contributed by atoms with van der Waals surface area (Å²) in [4.78, 5) is 53.2. The van der Waals surface area contributed by atoms with Gasteiger partial charge in [0.25, 0.3) is 5.91 Å². The first-order valence-corrected chi connectivity index (χ1v) is 13.0. The number of carbonyl (C=O) groups excluding carboxylic acids is 4. The maximum absolute atomic E-state index is 13.3. The summed E-state index contributed by atoms with van der Waals surface area (Å²) < 4.78 is 9.82. The zero-order valence-corrected chi connectivity index (χ0v) is 23.4. The highest BCUT2D eigenvalue weighted by Crippen LogP contribution is 2.38. The molecule has 2 amide bonds. The summed E-state index contributed by atoms with van der Waals surface area (Å²) in [6.45, 7) is 1.64. The summed E-state index contributed by atoms with van der Waals surface area (Å²) >= 11 is 0. The highest BCUT2D eigenvalue weighted by molar-refractivity contribution is 6.37. The van der Waals surface area contributed by atoms with Gasteiger partial charge < -0.3 is 29.9 Å². The fourth-order valence-electron chi connectivity index (χ4n) is 4.28. The van der Waals surface area contributed by atoms with Crippen LogP contribution in [0.5, 0.6) is 0 Å². The molecule has 0 fully saturated rings. The van der Waals surface area contributed by atoms with E-state index in [1.54, 1.807) is 31.0 Å².